The number of benzene rings is 1. The van der Waals surface area contributed by atoms with Crippen molar-refractivity contribution < 1.29 is 14.7 Å². The molecular weight excluding hydrogens is 336 g/mol. The fourth-order valence-electron chi connectivity index (χ4n) is 2.70. The molecule has 1 saturated heterocycles. The second-order valence-corrected chi connectivity index (χ2v) is 5.84. The number of aliphatic carboxylic acids is 1. The van der Waals surface area contributed by atoms with Gasteiger partial charge in [0.25, 0.3) is 0 Å². The van der Waals surface area contributed by atoms with Crippen molar-refractivity contribution in [1.82, 2.24) is 25.1 Å². The molecule has 2 heterocycles. The Bertz CT molecular complexity index is 751. The molecule has 1 atom stereocenters. The van der Waals surface area contributed by atoms with Crippen LogP contribution in [0.1, 0.15) is 12.8 Å². The zero-order chi connectivity index (χ0) is 17.1. The lowest BCUT2D eigenvalue weighted by Gasteiger charge is -2.20. The lowest BCUT2D eigenvalue weighted by Crippen LogP contribution is -2.40. The summed E-state index contributed by atoms with van der Waals surface area (Å²) in [6.45, 7) is 0.588. The number of anilines is 1. The molecule has 1 aliphatic heterocycles. The number of nitrogens with zero attached hydrogens (tertiary/aromatic N) is 5. The van der Waals surface area contributed by atoms with Gasteiger partial charge in [-0.25, -0.2) is 4.68 Å². The summed E-state index contributed by atoms with van der Waals surface area (Å²) < 4.78 is 1.44. The SMILES string of the molecule is O=C(CN1CCCC1C(=O)O)Nc1cc(-n2cnnn2)ccc1Cl. The van der Waals surface area contributed by atoms with Gasteiger partial charge in [0.2, 0.25) is 5.91 Å². The Hall–Kier alpha value is -2.52. The van der Waals surface area contributed by atoms with Crippen molar-refractivity contribution in [3.63, 3.8) is 0 Å². The number of amides is 1. The summed E-state index contributed by atoms with van der Waals surface area (Å²) >= 11 is 6.11. The minimum atomic E-state index is -0.904. The molecule has 24 heavy (non-hydrogen) atoms. The molecule has 3 rings (SSSR count). The molecule has 1 unspecified atom stereocenters. The average molecular weight is 351 g/mol. The number of aromatic nitrogens is 4. The lowest BCUT2D eigenvalue weighted by atomic mass is 10.2. The van der Waals surface area contributed by atoms with Crippen LogP contribution in [0.15, 0.2) is 24.5 Å². The van der Waals surface area contributed by atoms with Crippen LogP contribution in [0.2, 0.25) is 5.02 Å². The summed E-state index contributed by atoms with van der Waals surface area (Å²) in [5, 5.41) is 23.1. The molecule has 9 nitrogen and oxygen atoms in total. The van der Waals surface area contributed by atoms with Crippen molar-refractivity contribution in [2.24, 2.45) is 0 Å². The van der Waals surface area contributed by atoms with Crippen molar-refractivity contribution in [2.45, 2.75) is 18.9 Å². The molecule has 1 aromatic carbocycles. The summed E-state index contributed by atoms with van der Waals surface area (Å²) in [7, 11) is 0. The fraction of sp³-hybridized carbons (Fsp3) is 0.357. The molecule has 0 saturated carbocycles. The second kappa shape index (κ2) is 6.93. The van der Waals surface area contributed by atoms with Crippen LogP contribution in [0.4, 0.5) is 5.69 Å². The number of carbonyl (C=O) groups is 2. The maximum atomic E-state index is 12.2. The fourth-order valence-corrected chi connectivity index (χ4v) is 2.87. The van der Waals surface area contributed by atoms with Crippen LogP contribution in [0.3, 0.4) is 0 Å². The van der Waals surface area contributed by atoms with Gasteiger partial charge in [0.15, 0.2) is 0 Å². The predicted molar refractivity (Wildman–Crippen MR) is 85.0 cm³/mol. The Morgan fingerprint density at radius 1 is 1.42 bits per heavy atom. The van der Waals surface area contributed by atoms with Crippen molar-refractivity contribution in [3.8, 4) is 5.69 Å². The Morgan fingerprint density at radius 3 is 2.96 bits per heavy atom. The summed E-state index contributed by atoms with van der Waals surface area (Å²) in [5.41, 5.74) is 1.06. The van der Waals surface area contributed by atoms with Gasteiger partial charge in [-0.2, -0.15) is 0 Å². The summed E-state index contributed by atoms with van der Waals surface area (Å²) in [6, 6.07) is 4.38. The maximum Gasteiger partial charge on any atom is 0.320 e. The third-order valence-electron chi connectivity index (χ3n) is 3.83. The highest BCUT2D eigenvalue weighted by atomic mass is 35.5. The topological polar surface area (TPSA) is 113 Å². The monoisotopic (exact) mass is 350 g/mol. The van der Waals surface area contributed by atoms with Crippen LogP contribution in [-0.2, 0) is 9.59 Å². The Balaban J connectivity index is 1.70. The van der Waals surface area contributed by atoms with Crippen LogP contribution in [0.5, 0.6) is 0 Å². The third kappa shape index (κ3) is 3.52. The van der Waals surface area contributed by atoms with Crippen LogP contribution in [-0.4, -0.2) is 61.2 Å². The van der Waals surface area contributed by atoms with Crippen molar-refractivity contribution >= 4 is 29.2 Å². The number of hydrogen-bond donors (Lipinski definition) is 2. The van der Waals surface area contributed by atoms with Gasteiger partial charge < -0.3 is 10.4 Å². The first-order valence-corrected chi connectivity index (χ1v) is 7.72. The zero-order valence-corrected chi connectivity index (χ0v) is 13.3. The number of carboxylic acids is 1. The standard InChI is InChI=1S/C14H15ClN6O3/c15-10-4-3-9(21-8-16-18-19-21)6-11(10)17-13(22)7-20-5-1-2-12(20)14(23)24/h3-4,6,8,12H,1-2,5,7H2,(H,17,22)(H,23,24). The van der Waals surface area contributed by atoms with E-state index in [4.69, 9.17) is 16.7 Å². The second-order valence-electron chi connectivity index (χ2n) is 5.43. The highest BCUT2D eigenvalue weighted by molar-refractivity contribution is 6.33. The van der Waals surface area contributed by atoms with Gasteiger partial charge >= 0.3 is 5.97 Å². The minimum Gasteiger partial charge on any atom is -0.480 e. The molecule has 1 aromatic heterocycles. The first-order valence-electron chi connectivity index (χ1n) is 7.34. The molecule has 10 heteroatoms. The summed E-state index contributed by atoms with van der Waals surface area (Å²) in [4.78, 5) is 25.1. The van der Waals surface area contributed by atoms with Crippen LogP contribution >= 0.6 is 11.6 Å². The molecule has 2 aromatic rings. The molecule has 126 valence electrons. The van der Waals surface area contributed by atoms with E-state index < -0.39 is 12.0 Å². The van der Waals surface area contributed by atoms with Gasteiger partial charge in [0.1, 0.15) is 12.4 Å². The van der Waals surface area contributed by atoms with E-state index in [9.17, 15) is 9.59 Å². The smallest absolute Gasteiger partial charge is 0.320 e. The molecule has 2 N–H and O–H groups in total. The molecule has 0 radical (unpaired) electrons. The van der Waals surface area contributed by atoms with Crippen molar-refractivity contribution in [3.05, 3.63) is 29.5 Å². The number of rotatable bonds is 5. The van der Waals surface area contributed by atoms with Gasteiger partial charge in [0.05, 0.1) is 22.9 Å². The largest absolute Gasteiger partial charge is 0.480 e. The number of halogens is 1. The Morgan fingerprint density at radius 2 is 2.25 bits per heavy atom. The van der Waals surface area contributed by atoms with E-state index in [-0.39, 0.29) is 12.5 Å². The highest BCUT2D eigenvalue weighted by Gasteiger charge is 2.31. The van der Waals surface area contributed by atoms with Crippen LogP contribution in [0, 0.1) is 0 Å². The number of tetrazole rings is 1. The van der Waals surface area contributed by atoms with Crippen molar-refractivity contribution in [1.29, 1.82) is 0 Å². The van der Waals surface area contributed by atoms with E-state index in [2.05, 4.69) is 20.8 Å². The van der Waals surface area contributed by atoms with Crippen LogP contribution in [0.25, 0.3) is 5.69 Å². The van der Waals surface area contributed by atoms with Gasteiger partial charge in [-0.05, 0) is 48.0 Å². The number of likely N-dealkylation sites (tertiary alicyclic amines) is 1. The molecule has 1 fully saturated rings. The molecule has 1 aliphatic rings. The number of carboxylic acid groups (broad SMARTS) is 1. The van der Waals surface area contributed by atoms with E-state index in [1.807, 2.05) is 0 Å². The first-order chi connectivity index (χ1) is 11.5. The van der Waals surface area contributed by atoms with Crippen molar-refractivity contribution in [2.75, 3.05) is 18.4 Å². The minimum absolute atomic E-state index is 0.00239. The van der Waals surface area contributed by atoms with Gasteiger partial charge in [-0.1, -0.05) is 11.6 Å². The Labute approximate surface area is 142 Å². The average Bonchev–Trinajstić information content (AvgIpc) is 3.20. The Kier molecular flexibility index (Phi) is 4.72. The summed E-state index contributed by atoms with van der Waals surface area (Å²) in [6.07, 6.45) is 2.74. The first kappa shape index (κ1) is 16.3. The number of carbonyl (C=O) groups excluding carboxylic acids is 1. The van der Waals surface area contributed by atoms with E-state index >= 15 is 0 Å². The van der Waals surface area contributed by atoms with Crippen LogP contribution < -0.4 is 5.32 Å². The van der Waals surface area contributed by atoms with E-state index in [0.717, 1.165) is 6.42 Å². The quantitative estimate of drug-likeness (QED) is 0.820. The molecular formula is C14H15ClN6O3. The predicted octanol–water partition coefficient (Wildman–Crippen LogP) is 0.803. The van der Waals surface area contributed by atoms with Gasteiger partial charge in [-0.3, -0.25) is 14.5 Å². The normalized spacial score (nSPS) is 17.8. The highest BCUT2D eigenvalue weighted by Crippen LogP contribution is 2.25. The zero-order valence-electron chi connectivity index (χ0n) is 12.6. The summed E-state index contributed by atoms with van der Waals surface area (Å²) in [5.74, 6) is -1.22. The van der Waals surface area contributed by atoms with Gasteiger partial charge in [0, 0.05) is 0 Å². The molecule has 0 aliphatic carbocycles. The van der Waals surface area contributed by atoms with E-state index in [1.54, 1.807) is 23.1 Å². The molecule has 0 bridgehead atoms. The maximum absolute atomic E-state index is 12.2. The van der Waals surface area contributed by atoms with Gasteiger partial charge in [-0.15, -0.1) is 5.10 Å². The molecule has 0 spiro atoms. The van der Waals surface area contributed by atoms with E-state index in [0.29, 0.717) is 29.4 Å². The van der Waals surface area contributed by atoms with E-state index in [1.165, 1.54) is 11.0 Å². The number of hydrogen-bond acceptors (Lipinski definition) is 6. The molecule has 1 amide bonds. The number of nitrogens with one attached hydrogen (secondary N) is 1. The lowest BCUT2D eigenvalue weighted by molar-refractivity contribution is -0.142. The third-order valence-corrected chi connectivity index (χ3v) is 4.16.